The van der Waals surface area contributed by atoms with Gasteiger partial charge in [-0.2, -0.15) is 5.06 Å². The highest BCUT2D eigenvalue weighted by atomic mass is 16.7. The highest BCUT2D eigenvalue weighted by molar-refractivity contribution is 5.98. The maximum Gasteiger partial charge on any atom is 0.438 e. The van der Waals surface area contributed by atoms with E-state index in [1.54, 1.807) is 18.2 Å². The van der Waals surface area contributed by atoms with Crippen molar-refractivity contribution < 1.29 is 19.0 Å². The first-order valence-electron chi connectivity index (χ1n) is 4.56. The standard InChI is InChI=1S/C10H12BNO4/c1-14-10(13)12(15-2)9-6-4-3-5-8(9)7-16-11/h3-6H,7H2,1-2H3. The maximum absolute atomic E-state index is 11.4. The molecule has 0 unspecified atom stereocenters. The van der Waals surface area contributed by atoms with Gasteiger partial charge in [-0.1, -0.05) is 18.2 Å². The van der Waals surface area contributed by atoms with Crippen LogP contribution in [0.25, 0.3) is 0 Å². The van der Waals surface area contributed by atoms with E-state index < -0.39 is 6.09 Å². The van der Waals surface area contributed by atoms with Crippen molar-refractivity contribution >= 4 is 19.8 Å². The predicted molar refractivity (Wildman–Crippen MR) is 58.9 cm³/mol. The van der Waals surface area contributed by atoms with E-state index in [1.165, 1.54) is 14.2 Å². The Morgan fingerprint density at radius 1 is 1.38 bits per heavy atom. The summed E-state index contributed by atoms with van der Waals surface area (Å²) in [4.78, 5) is 16.3. The largest absolute Gasteiger partial charge is 0.451 e. The van der Waals surface area contributed by atoms with Gasteiger partial charge in [-0.3, -0.25) is 4.84 Å². The molecule has 0 spiro atoms. The summed E-state index contributed by atoms with van der Waals surface area (Å²) in [6.45, 7) is 0.174. The van der Waals surface area contributed by atoms with Crippen molar-refractivity contribution in [3.8, 4) is 0 Å². The summed E-state index contributed by atoms with van der Waals surface area (Å²) < 4.78 is 9.12. The SMILES string of the molecule is [B]OCc1ccccc1N(OC)C(=O)OC. The van der Waals surface area contributed by atoms with E-state index in [-0.39, 0.29) is 6.61 Å². The third-order valence-electron chi connectivity index (χ3n) is 1.97. The monoisotopic (exact) mass is 221 g/mol. The van der Waals surface area contributed by atoms with Crippen LogP contribution in [-0.2, 0) is 20.8 Å². The molecule has 5 nitrogen and oxygen atoms in total. The number of para-hydroxylation sites is 1. The van der Waals surface area contributed by atoms with Gasteiger partial charge in [0.1, 0.15) is 0 Å². The van der Waals surface area contributed by atoms with Crippen LogP contribution in [0.2, 0.25) is 0 Å². The summed E-state index contributed by atoms with van der Waals surface area (Å²) in [5.41, 5.74) is 1.25. The fourth-order valence-corrected chi connectivity index (χ4v) is 1.27. The number of carbonyl (C=O) groups excluding carboxylic acids is 1. The van der Waals surface area contributed by atoms with Crippen molar-refractivity contribution in [3.63, 3.8) is 0 Å². The number of benzene rings is 1. The van der Waals surface area contributed by atoms with Crippen molar-refractivity contribution in [2.45, 2.75) is 6.61 Å². The van der Waals surface area contributed by atoms with Crippen LogP contribution in [-0.4, -0.2) is 28.4 Å². The lowest BCUT2D eigenvalue weighted by Gasteiger charge is -2.20. The second-order valence-electron chi connectivity index (χ2n) is 2.89. The number of rotatable bonds is 4. The van der Waals surface area contributed by atoms with Gasteiger partial charge in [0.15, 0.2) is 0 Å². The molecule has 1 aromatic rings. The highest BCUT2D eigenvalue weighted by Gasteiger charge is 2.18. The second kappa shape index (κ2) is 6.14. The molecule has 2 radical (unpaired) electrons. The third kappa shape index (κ3) is 2.74. The summed E-state index contributed by atoms with van der Waals surface area (Å²) in [7, 11) is 7.65. The third-order valence-corrected chi connectivity index (χ3v) is 1.97. The number of carbonyl (C=O) groups is 1. The molecule has 0 aliphatic heterocycles. The zero-order valence-corrected chi connectivity index (χ0v) is 9.17. The fraction of sp³-hybridized carbons (Fsp3) is 0.300. The molecule has 0 saturated carbocycles. The van der Waals surface area contributed by atoms with Crippen molar-refractivity contribution in [1.82, 2.24) is 0 Å². The van der Waals surface area contributed by atoms with Crippen LogP contribution in [0.4, 0.5) is 10.5 Å². The lowest BCUT2D eigenvalue weighted by atomic mass is 10.2. The van der Waals surface area contributed by atoms with E-state index in [0.717, 1.165) is 10.6 Å². The Labute approximate surface area is 95.3 Å². The number of anilines is 1. The molecule has 0 heterocycles. The number of hydrogen-bond acceptors (Lipinski definition) is 4. The van der Waals surface area contributed by atoms with Crippen LogP contribution in [0.1, 0.15) is 5.56 Å². The number of methoxy groups -OCH3 is 1. The Bertz CT molecular complexity index is 358. The Hall–Kier alpha value is -1.53. The summed E-state index contributed by atoms with van der Waals surface area (Å²) in [5, 5.41) is 1.02. The van der Waals surface area contributed by atoms with E-state index in [0.29, 0.717) is 5.69 Å². The van der Waals surface area contributed by atoms with Gasteiger partial charge in [0.25, 0.3) is 8.05 Å². The molecular weight excluding hydrogens is 209 g/mol. The minimum atomic E-state index is -0.619. The molecule has 0 atom stereocenters. The van der Waals surface area contributed by atoms with Gasteiger partial charge >= 0.3 is 6.09 Å². The zero-order valence-electron chi connectivity index (χ0n) is 9.17. The summed E-state index contributed by atoms with van der Waals surface area (Å²) >= 11 is 0. The van der Waals surface area contributed by atoms with Crippen molar-refractivity contribution in [1.29, 1.82) is 0 Å². The summed E-state index contributed by atoms with van der Waals surface area (Å²) in [6, 6.07) is 7.05. The average molecular weight is 221 g/mol. The van der Waals surface area contributed by atoms with Crippen LogP contribution in [0, 0.1) is 0 Å². The number of ether oxygens (including phenoxy) is 1. The molecule has 0 fully saturated rings. The molecule has 0 saturated heterocycles. The number of hydrogen-bond donors (Lipinski definition) is 0. The van der Waals surface area contributed by atoms with Gasteiger partial charge in [0.2, 0.25) is 0 Å². The molecule has 0 aliphatic carbocycles. The van der Waals surface area contributed by atoms with E-state index in [2.05, 4.69) is 9.39 Å². The van der Waals surface area contributed by atoms with Crippen LogP contribution >= 0.6 is 0 Å². The number of hydroxylamine groups is 1. The minimum Gasteiger partial charge on any atom is -0.451 e. The smallest absolute Gasteiger partial charge is 0.438 e. The van der Waals surface area contributed by atoms with Gasteiger partial charge in [-0.05, 0) is 6.07 Å². The van der Waals surface area contributed by atoms with Gasteiger partial charge in [-0.15, -0.1) is 0 Å². The summed E-state index contributed by atoms with van der Waals surface area (Å²) in [6.07, 6.45) is -0.619. The average Bonchev–Trinajstić information content (AvgIpc) is 2.32. The molecule has 16 heavy (non-hydrogen) atoms. The van der Waals surface area contributed by atoms with Crippen LogP contribution in [0.3, 0.4) is 0 Å². The molecule has 0 N–H and O–H groups in total. The number of nitrogens with zero attached hydrogens (tertiary/aromatic N) is 1. The normalized spacial score (nSPS) is 9.88. The van der Waals surface area contributed by atoms with Crippen LogP contribution in [0.5, 0.6) is 0 Å². The lowest BCUT2D eigenvalue weighted by Crippen LogP contribution is -2.30. The molecule has 1 aromatic carbocycles. The Balaban J connectivity index is 3.03. The summed E-state index contributed by atoms with van der Waals surface area (Å²) in [5.74, 6) is 0. The minimum absolute atomic E-state index is 0.174. The molecule has 1 rings (SSSR count). The first-order chi connectivity index (χ1) is 7.74. The van der Waals surface area contributed by atoms with E-state index >= 15 is 0 Å². The van der Waals surface area contributed by atoms with Gasteiger partial charge < -0.3 is 9.39 Å². The molecule has 1 amide bonds. The predicted octanol–water partition coefficient (Wildman–Crippen LogP) is 1.42. The zero-order chi connectivity index (χ0) is 12.0. The molecular formula is C10H12BNO4. The van der Waals surface area contributed by atoms with Gasteiger partial charge in [0.05, 0.1) is 26.5 Å². The second-order valence-corrected chi connectivity index (χ2v) is 2.89. The van der Waals surface area contributed by atoms with Gasteiger partial charge in [0, 0.05) is 5.56 Å². The van der Waals surface area contributed by atoms with Crippen molar-refractivity contribution in [2.24, 2.45) is 0 Å². The van der Waals surface area contributed by atoms with Crippen molar-refractivity contribution in [3.05, 3.63) is 29.8 Å². The molecule has 84 valence electrons. The van der Waals surface area contributed by atoms with E-state index in [4.69, 9.17) is 12.9 Å². The topological polar surface area (TPSA) is 48.0 Å². The van der Waals surface area contributed by atoms with E-state index in [1.807, 2.05) is 6.07 Å². The quantitative estimate of drug-likeness (QED) is 0.569. The first-order valence-corrected chi connectivity index (χ1v) is 4.56. The van der Waals surface area contributed by atoms with Crippen molar-refractivity contribution in [2.75, 3.05) is 19.3 Å². The molecule has 0 aromatic heterocycles. The maximum atomic E-state index is 11.4. The van der Waals surface area contributed by atoms with E-state index in [9.17, 15) is 4.79 Å². The number of amides is 1. The molecule has 0 bridgehead atoms. The first kappa shape index (κ1) is 12.5. The Kier molecular flexibility index (Phi) is 4.82. The molecule has 0 aliphatic rings. The lowest BCUT2D eigenvalue weighted by molar-refractivity contribution is 0.115. The Morgan fingerprint density at radius 2 is 2.06 bits per heavy atom. The van der Waals surface area contributed by atoms with Crippen LogP contribution in [0.15, 0.2) is 24.3 Å². The van der Waals surface area contributed by atoms with Gasteiger partial charge in [-0.25, -0.2) is 4.79 Å². The Morgan fingerprint density at radius 3 is 2.62 bits per heavy atom. The molecule has 6 heteroatoms. The van der Waals surface area contributed by atoms with Crippen LogP contribution < -0.4 is 5.06 Å². The fourth-order valence-electron chi connectivity index (χ4n) is 1.27. The highest BCUT2D eigenvalue weighted by Crippen LogP contribution is 2.21.